The van der Waals surface area contributed by atoms with Crippen molar-refractivity contribution < 1.29 is 14.7 Å². The quantitative estimate of drug-likeness (QED) is 0.791. The van der Waals surface area contributed by atoms with Crippen LogP contribution in [-0.2, 0) is 16.1 Å². The van der Waals surface area contributed by atoms with Crippen LogP contribution >= 0.6 is 0 Å². The van der Waals surface area contributed by atoms with E-state index in [1.807, 2.05) is 12.2 Å². The molecule has 0 aliphatic heterocycles. The minimum atomic E-state index is -0.921. The van der Waals surface area contributed by atoms with Crippen LogP contribution in [0.1, 0.15) is 24.5 Å². The van der Waals surface area contributed by atoms with Gasteiger partial charge in [-0.2, -0.15) is 5.10 Å². The summed E-state index contributed by atoms with van der Waals surface area (Å²) in [7, 11) is 1.64. The van der Waals surface area contributed by atoms with Crippen molar-refractivity contribution in [1.29, 1.82) is 0 Å². The number of allylic oxidation sites excluding steroid dienone is 2. The highest BCUT2D eigenvalue weighted by atomic mass is 16.4. The molecule has 20 heavy (non-hydrogen) atoms. The van der Waals surface area contributed by atoms with Crippen LogP contribution in [0.3, 0.4) is 0 Å². The molecule has 7 nitrogen and oxygen atoms in total. The second kappa shape index (κ2) is 5.85. The Hall–Kier alpha value is -2.18. The lowest BCUT2D eigenvalue weighted by Gasteiger charge is -2.28. The second-order valence-electron chi connectivity index (χ2n) is 5.03. The van der Waals surface area contributed by atoms with Crippen molar-refractivity contribution in [3.63, 3.8) is 0 Å². The van der Waals surface area contributed by atoms with Crippen LogP contribution in [0, 0.1) is 18.8 Å². The number of H-pyrrole nitrogens is 1. The summed E-state index contributed by atoms with van der Waals surface area (Å²) in [5.74, 6) is -1.05. The zero-order chi connectivity index (χ0) is 14.7. The summed E-state index contributed by atoms with van der Waals surface area (Å²) in [6, 6.07) is 0. The van der Waals surface area contributed by atoms with Crippen molar-refractivity contribution in [2.24, 2.45) is 11.8 Å². The molecule has 0 saturated carbocycles. The van der Waals surface area contributed by atoms with Gasteiger partial charge in [0.15, 0.2) is 5.82 Å². The zero-order valence-electron chi connectivity index (χ0n) is 11.5. The number of amides is 1. The van der Waals surface area contributed by atoms with Gasteiger partial charge in [-0.05, 0) is 19.8 Å². The lowest BCUT2D eigenvalue weighted by molar-refractivity contribution is -0.150. The standard InChI is InChI=1S/C13H18N4O3/c1-8-14-11(16-15-8)7-17(2)12(18)9-5-3-4-6-10(9)13(19)20/h3-4,9-10H,5-7H2,1-2H3,(H,19,20)(H,14,15,16). The molecule has 0 aromatic carbocycles. The number of aryl methyl sites for hydroxylation is 1. The van der Waals surface area contributed by atoms with Gasteiger partial charge in [-0.25, -0.2) is 4.98 Å². The van der Waals surface area contributed by atoms with Gasteiger partial charge in [0, 0.05) is 7.05 Å². The van der Waals surface area contributed by atoms with E-state index < -0.39 is 17.8 Å². The third kappa shape index (κ3) is 3.04. The van der Waals surface area contributed by atoms with Gasteiger partial charge < -0.3 is 10.0 Å². The molecule has 1 aromatic heterocycles. The van der Waals surface area contributed by atoms with E-state index in [2.05, 4.69) is 15.2 Å². The van der Waals surface area contributed by atoms with Crippen molar-refractivity contribution in [1.82, 2.24) is 20.1 Å². The molecule has 0 radical (unpaired) electrons. The molecule has 0 bridgehead atoms. The molecule has 1 amide bonds. The maximum atomic E-state index is 12.4. The minimum Gasteiger partial charge on any atom is -0.481 e. The number of aliphatic carboxylic acids is 1. The van der Waals surface area contributed by atoms with E-state index in [4.69, 9.17) is 0 Å². The third-order valence-electron chi connectivity index (χ3n) is 3.47. The lowest BCUT2D eigenvalue weighted by atomic mass is 9.82. The molecule has 1 aromatic rings. The molecule has 2 unspecified atom stereocenters. The average molecular weight is 278 g/mol. The molecular weight excluding hydrogens is 260 g/mol. The van der Waals surface area contributed by atoms with E-state index in [0.717, 1.165) is 0 Å². The van der Waals surface area contributed by atoms with E-state index in [9.17, 15) is 14.7 Å². The Bertz CT molecular complexity index is 537. The number of carboxylic acids is 1. The molecule has 2 atom stereocenters. The molecular formula is C13H18N4O3. The minimum absolute atomic E-state index is 0.177. The number of nitrogens with one attached hydrogen (secondary N) is 1. The lowest BCUT2D eigenvalue weighted by Crippen LogP contribution is -2.39. The number of hydrogen-bond donors (Lipinski definition) is 2. The molecule has 1 aliphatic rings. The van der Waals surface area contributed by atoms with Crippen molar-refractivity contribution in [2.75, 3.05) is 7.05 Å². The smallest absolute Gasteiger partial charge is 0.307 e. The largest absolute Gasteiger partial charge is 0.481 e. The van der Waals surface area contributed by atoms with Gasteiger partial charge in [0.1, 0.15) is 5.82 Å². The van der Waals surface area contributed by atoms with Gasteiger partial charge in [-0.15, -0.1) is 0 Å². The third-order valence-corrected chi connectivity index (χ3v) is 3.47. The van der Waals surface area contributed by atoms with Gasteiger partial charge in [0.2, 0.25) is 5.91 Å². The van der Waals surface area contributed by atoms with E-state index in [1.165, 1.54) is 4.90 Å². The molecule has 1 heterocycles. The number of aromatic amines is 1. The van der Waals surface area contributed by atoms with Gasteiger partial charge in [-0.1, -0.05) is 12.2 Å². The predicted octanol–water partition coefficient (Wildman–Crippen LogP) is 0.739. The maximum absolute atomic E-state index is 12.4. The first-order valence-electron chi connectivity index (χ1n) is 6.49. The summed E-state index contributed by atoms with van der Waals surface area (Å²) in [5.41, 5.74) is 0. The van der Waals surface area contributed by atoms with E-state index >= 15 is 0 Å². The van der Waals surface area contributed by atoms with Crippen molar-refractivity contribution in [3.05, 3.63) is 23.8 Å². The summed E-state index contributed by atoms with van der Waals surface area (Å²) >= 11 is 0. The number of carbonyl (C=O) groups is 2. The summed E-state index contributed by atoms with van der Waals surface area (Å²) in [5, 5.41) is 15.9. The van der Waals surface area contributed by atoms with Crippen LogP contribution < -0.4 is 0 Å². The van der Waals surface area contributed by atoms with Gasteiger partial charge in [0.25, 0.3) is 0 Å². The van der Waals surface area contributed by atoms with Crippen molar-refractivity contribution in [3.8, 4) is 0 Å². The summed E-state index contributed by atoms with van der Waals surface area (Å²) in [6.07, 6.45) is 4.56. The Morgan fingerprint density at radius 2 is 2.05 bits per heavy atom. The Kier molecular flexibility index (Phi) is 4.16. The van der Waals surface area contributed by atoms with Gasteiger partial charge in [-0.3, -0.25) is 14.7 Å². The highest BCUT2D eigenvalue weighted by molar-refractivity contribution is 5.85. The van der Waals surface area contributed by atoms with Crippen molar-refractivity contribution in [2.45, 2.75) is 26.3 Å². The average Bonchev–Trinajstić information content (AvgIpc) is 2.83. The van der Waals surface area contributed by atoms with Crippen LogP contribution in [0.25, 0.3) is 0 Å². The van der Waals surface area contributed by atoms with Crippen molar-refractivity contribution >= 4 is 11.9 Å². The summed E-state index contributed by atoms with van der Waals surface area (Å²) < 4.78 is 0. The van der Waals surface area contributed by atoms with Gasteiger partial charge in [0.05, 0.1) is 18.4 Å². The molecule has 2 rings (SSSR count). The number of aromatic nitrogens is 3. The number of nitrogens with zero attached hydrogens (tertiary/aromatic N) is 3. The highest BCUT2D eigenvalue weighted by Crippen LogP contribution is 2.27. The first-order valence-corrected chi connectivity index (χ1v) is 6.49. The summed E-state index contributed by atoms with van der Waals surface area (Å²) in [4.78, 5) is 29.2. The van der Waals surface area contributed by atoms with E-state index in [-0.39, 0.29) is 12.5 Å². The van der Waals surface area contributed by atoms with E-state index in [1.54, 1.807) is 14.0 Å². The first kappa shape index (κ1) is 14.2. The maximum Gasteiger partial charge on any atom is 0.307 e. The van der Waals surface area contributed by atoms with Crippen LogP contribution in [-0.4, -0.2) is 44.1 Å². The second-order valence-corrected chi connectivity index (χ2v) is 5.03. The number of carboxylic acid groups (broad SMARTS) is 1. The molecule has 0 saturated heterocycles. The molecule has 0 fully saturated rings. The van der Waals surface area contributed by atoms with Gasteiger partial charge >= 0.3 is 5.97 Å². The number of carbonyl (C=O) groups excluding carboxylic acids is 1. The molecule has 108 valence electrons. The van der Waals surface area contributed by atoms with Crippen LogP contribution in [0.5, 0.6) is 0 Å². The fourth-order valence-corrected chi connectivity index (χ4v) is 2.39. The van der Waals surface area contributed by atoms with Crippen LogP contribution in [0.15, 0.2) is 12.2 Å². The zero-order valence-corrected chi connectivity index (χ0v) is 11.5. The van der Waals surface area contributed by atoms with E-state index in [0.29, 0.717) is 24.5 Å². The molecule has 7 heteroatoms. The Morgan fingerprint density at radius 3 is 2.60 bits per heavy atom. The van der Waals surface area contributed by atoms with Crippen LogP contribution in [0.2, 0.25) is 0 Å². The fraction of sp³-hybridized carbons (Fsp3) is 0.538. The Labute approximate surface area is 116 Å². The topological polar surface area (TPSA) is 99.2 Å². The monoisotopic (exact) mass is 278 g/mol. The SMILES string of the molecule is Cc1nc(CN(C)C(=O)C2CC=CCC2C(=O)O)n[nH]1. The number of rotatable bonds is 4. The molecule has 0 spiro atoms. The molecule has 1 aliphatic carbocycles. The molecule has 2 N–H and O–H groups in total. The Balaban J connectivity index is 2.05. The normalized spacial score (nSPS) is 21.7. The predicted molar refractivity (Wildman–Crippen MR) is 70.6 cm³/mol. The van der Waals surface area contributed by atoms with Crippen LogP contribution in [0.4, 0.5) is 0 Å². The summed E-state index contributed by atoms with van der Waals surface area (Å²) in [6.45, 7) is 2.06. The first-order chi connectivity index (χ1) is 9.49. The number of hydrogen-bond acceptors (Lipinski definition) is 4. The Morgan fingerprint density at radius 1 is 1.40 bits per heavy atom. The fourth-order valence-electron chi connectivity index (χ4n) is 2.39. The highest BCUT2D eigenvalue weighted by Gasteiger charge is 2.35.